The summed E-state index contributed by atoms with van der Waals surface area (Å²) in [5, 5.41) is 12.4. The fraction of sp³-hybridized carbons (Fsp3) is 0.529. The van der Waals surface area contributed by atoms with Crippen LogP contribution in [0.5, 0.6) is 0 Å². The first-order chi connectivity index (χ1) is 11.6. The first-order valence-electron chi connectivity index (χ1n) is 8.27. The number of aromatic amines is 1. The molecule has 1 aliphatic rings. The molecule has 3 heterocycles. The second kappa shape index (κ2) is 7.46. The van der Waals surface area contributed by atoms with E-state index in [1.807, 2.05) is 17.5 Å². The summed E-state index contributed by atoms with van der Waals surface area (Å²) in [7, 11) is 1.49. The van der Waals surface area contributed by atoms with Crippen molar-refractivity contribution in [3.63, 3.8) is 0 Å². The molecule has 130 valence electrons. The Bertz CT molecular complexity index is 773. The van der Waals surface area contributed by atoms with Gasteiger partial charge >= 0.3 is 5.69 Å². The molecule has 0 aliphatic carbocycles. The van der Waals surface area contributed by atoms with Crippen molar-refractivity contribution in [1.82, 2.24) is 14.5 Å². The molecule has 0 radical (unpaired) electrons. The summed E-state index contributed by atoms with van der Waals surface area (Å²) < 4.78 is 1.11. The lowest BCUT2D eigenvalue weighted by Gasteiger charge is -2.33. The van der Waals surface area contributed by atoms with Gasteiger partial charge in [-0.3, -0.25) is 9.36 Å². The highest BCUT2D eigenvalue weighted by Gasteiger charge is 2.26. The lowest BCUT2D eigenvalue weighted by Crippen LogP contribution is -2.39. The van der Waals surface area contributed by atoms with Gasteiger partial charge in [-0.1, -0.05) is 6.07 Å². The van der Waals surface area contributed by atoms with Crippen LogP contribution in [0.4, 0.5) is 0 Å². The fourth-order valence-electron chi connectivity index (χ4n) is 3.26. The van der Waals surface area contributed by atoms with E-state index in [1.54, 1.807) is 11.3 Å². The quantitative estimate of drug-likeness (QED) is 0.848. The molecule has 0 unspecified atom stereocenters. The van der Waals surface area contributed by atoms with Gasteiger partial charge in [0.1, 0.15) is 0 Å². The first kappa shape index (κ1) is 17.1. The van der Waals surface area contributed by atoms with Gasteiger partial charge in [-0.15, -0.1) is 11.3 Å². The first-order valence-corrected chi connectivity index (χ1v) is 9.15. The van der Waals surface area contributed by atoms with E-state index in [9.17, 15) is 14.7 Å². The molecule has 1 saturated heterocycles. The highest BCUT2D eigenvalue weighted by molar-refractivity contribution is 7.10. The molecular weight excluding hydrogens is 326 g/mol. The maximum Gasteiger partial charge on any atom is 0.328 e. The van der Waals surface area contributed by atoms with E-state index in [1.165, 1.54) is 13.2 Å². The van der Waals surface area contributed by atoms with Crippen LogP contribution in [0.3, 0.4) is 0 Å². The Labute approximate surface area is 144 Å². The molecule has 0 amide bonds. The smallest absolute Gasteiger partial charge is 0.328 e. The Morgan fingerprint density at radius 1 is 1.38 bits per heavy atom. The maximum absolute atomic E-state index is 12.0. The maximum atomic E-state index is 12.0. The molecule has 6 nitrogen and oxygen atoms in total. The molecular formula is C17H23N3O3S. The summed E-state index contributed by atoms with van der Waals surface area (Å²) in [5.74, 6) is 0.306. The van der Waals surface area contributed by atoms with Gasteiger partial charge < -0.3 is 15.0 Å². The van der Waals surface area contributed by atoms with Crippen molar-refractivity contribution >= 4 is 11.3 Å². The molecule has 2 aromatic heterocycles. The molecule has 7 heteroatoms. The van der Waals surface area contributed by atoms with Crippen LogP contribution in [0.1, 0.15) is 29.4 Å². The fourth-order valence-corrected chi connectivity index (χ4v) is 4.06. The number of nitrogens with one attached hydrogen (secondary N) is 1. The number of aliphatic hydroxyl groups is 1. The van der Waals surface area contributed by atoms with Gasteiger partial charge in [0.15, 0.2) is 0 Å². The Hall–Kier alpha value is -1.70. The Morgan fingerprint density at radius 3 is 2.79 bits per heavy atom. The number of hydrogen-bond acceptors (Lipinski definition) is 5. The van der Waals surface area contributed by atoms with Crippen molar-refractivity contribution in [2.45, 2.75) is 25.4 Å². The van der Waals surface area contributed by atoms with Crippen LogP contribution in [0.2, 0.25) is 0 Å². The number of likely N-dealkylation sites (tertiary alicyclic amines) is 1. The molecule has 3 rings (SSSR count). The minimum atomic E-state index is -0.382. The largest absolute Gasteiger partial charge is 0.387 e. The van der Waals surface area contributed by atoms with Gasteiger partial charge in [0.25, 0.3) is 5.56 Å². The molecule has 0 spiro atoms. The minimum absolute atomic E-state index is 0.221. The zero-order valence-corrected chi connectivity index (χ0v) is 14.6. The molecule has 1 aliphatic heterocycles. The van der Waals surface area contributed by atoms with Crippen molar-refractivity contribution in [2.75, 3.05) is 19.6 Å². The number of aromatic nitrogens is 2. The molecule has 0 saturated carbocycles. The molecule has 1 fully saturated rings. The number of aliphatic hydroxyl groups excluding tert-OH is 1. The van der Waals surface area contributed by atoms with Crippen molar-refractivity contribution in [1.29, 1.82) is 0 Å². The lowest BCUT2D eigenvalue weighted by atomic mass is 9.90. The summed E-state index contributed by atoms with van der Waals surface area (Å²) in [5.41, 5.74) is 0.0340. The van der Waals surface area contributed by atoms with Gasteiger partial charge in [-0.2, -0.15) is 0 Å². The molecule has 24 heavy (non-hydrogen) atoms. The molecule has 0 aromatic carbocycles. The summed E-state index contributed by atoms with van der Waals surface area (Å²) in [6, 6.07) is 3.97. The van der Waals surface area contributed by atoms with Crippen LogP contribution < -0.4 is 11.2 Å². The van der Waals surface area contributed by atoms with Crippen LogP contribution in [0.15, 0.2) is 33.3 Å². The van der Waals surface area contributed by atoms with Crippen LogP contribution in [0.25, 0.3) is 0 Å². The number of piperidine rings is 1. The van der Waals surface area contributed by atoms with E-state index in [-0.39, 0.29) is 17.4 Å². The average Bonchev–Trinajstić information content (AvgIpc) is 3.13. The summed E-state index contributed by atoms with van der Waals surface area (Å²) in [6.07, 6.45) is 3.71. The molecule has 0 bridgehead atoms. The van der Waals surface area contributed by atoms with Gasteiger partial charge in [-0.05, 0) is 49.7 Å². The zero-order valence-electron chi connectivity index (χ0n) is 13.8. The summed E-state index contributed by atoms with van der Waals surface area (Å²) in [4.78, 5) is 29.4. The van der Waals surface area contributed by atoms with Gasteiger partial charge in [-0.25, -0.2) is 4.79 Å². The highest BCUT2D eigenvalue weighted by Crippen LogP contribution is 2.32. The number of nitrogens with zero attached hydrogens (tertiary/aromatic N) is 2. The van der Waals surface area contributed by atoms with Crippen LogP contribution in [-0.4, -0.2) is 39.2 Å². The Kier molecular flexibility index (Phi) is 5.33. The zero-order chi connectivity index (χ0) is 17.1. The van der Waals surface area contributed by atoms with E-state index < -0.39 is 0 Å². The van der Waals surface area contributed by atoms with Crippen molar-refractivity contribution in [3.8, 4) is 0 Å². The highest BCUT2D eigenvalue weighted by atomic mass is 32.1. The second-order valence-electron chi connectivity index (χ2n) is 6.37. The SMILES string of the molecule is Cn1c(=O)[nH]cc(CCN2CCC([C@H](O)c3cccs3)CC2)c1=O. The normalized spacial score (nSPS) is 17.9. The molecule has 1 atom stereocenters. The Morgan fingerprint density at radius 2 is 2.12 bits per heavy atom. The lowest BCUT2D eigenvalue weighted by molar-refractivity contribution is 0.0616. The third-order valence-corrected chi connectivity index (χ3v) is 5.81. The Balaban J connectivity index is 1.52. The van der Waals surface area contributed by atoms with E-state index >= 15 is 0 Å². The van der Waals surface area contributed by atoms with Crippen molar-refractivity contribution < 1.29 is 5.11 Å². The van der Waals surface area contributed by atoms with E-state index in [2.05, 4.69) is 9.88 Å². The van der Waals surface area contributed by atoms with Gasteiger partial charge in [0.2, 0.25) is 0 Å². The van der Waals surface area contributed by atoms with Crippen LogP contribution in [-0.2, 0) is 13.5 Å². The van der Waals surface area contributed by atoms with E-state index in [4.69, 9.17) is 0 Å². The van der Waals surface area contributed by atoms with Crippen molar-refractivity contribution in [2.24, 2.45) is 13.0 Å². The number of H-pyrrole nitrogens is 1. The standard InChI is InChI=1S/C17H23N3O3S/c1-19-16(22)13(11-18-17(19)23)6-9-20-7-4-12(5-8-20)15(21)14-3-2-10-24-14/h2-3,10-12,15,21H,4-9H2,1H3,(H,18,23)/t15-/m0/s1. The number of hydrogen-bond donors (Lipinski definition) is 2. The molecule has 2 N–H and O–H groups in total. The van der Waals surface area contributed by atoms with E-state index in [0.717, 1.165) is 41.9 Å². The number of thiophene rings is 1. The molecule has 2 aromatic rings. The van der Waals surface area contributed by atoms with Crippen molar-refractivity contribution in [3.05, 3.63) is 55.0 Å². The van der Waals surface area contributed by atoms with E-state index in [0.29, 0.717) is 17.9 Å². The van der Waals surface area contributed by atoms with Crippen LogP contribution >= 0.6 is 11.3 Å². The third kappa shape index (κ3) is 3.68. The number of rotatable bonds is 5. The van der Waals surface area contributed by atoms with Gasteiger partial charge in [0.05, 0.1) is 6.10 Å². The van der Waals surface area contributed by atoms with Crippen LogP contribution in [0, 0.1) is 5.92 Å². The topological polar surface area (TPSA) is 78.3 Å². The monoisotopic (exact) mass is 349 g/mol. The minimum Gasteiger partial charge on any atom is -0.387 e. The predicted octanol–water partition coefficient (Wildman–Crippen LogP) is 1.12. The second-order valence-corrected chi connectivity index (χ2v) is 7.35. The average molecular weight is 349 g/mol. The predicted molar refractivity (Wildman–Crippen MR) is 94.5 cm³/mol. The summed E-state index contributed by atoms with van der Waals surface area (Å²) >= 11 is 1.61. The summed E-state index contributed by atoms with van der Waals surface area (Å²) in [6.45, 7) is 2.65. The third-order valence-electron chi connectivity index (χ3n) is 4.86. The van der Waals surface area contributed by atoms with Gasteiger partial charge in [0, 0.05) is 30.2 Å².